The molecule has 1 rings (SSSR count). The highest BCUT2D eigenvalue weighted by Gasteiger charge is 2.47. The molecule has 1 aliphatic heterocycles. The van der Waals surface area contributed by atoms with E-state index in [0.717, 1.165) is 19.3 Å². The number of esters is 1. The summed E-state index contributed by atoms with van der Waals surface area (Å²) in [5.41, 5.74) is 0. The largest absolute Gasteiger partial charge is 0.457 e. The van der Waals surface area contributed by atoms with E-state index in [2.05, 4.69) is 12.2 Å². The van der Waals surface area contributed by atoms with Crippen LogP contribution in [-0.4, -0.2) is 75.0 Å². The molecule has 12 heteroatoms. The number of halogens is 3. The lowest BCUT2D eigenvalue weighted by atomic mass is 9.96. The number of rotatable bonds is 16. The van der Waals surface area contributed by atoms with Crippen molar-refractivity contribution in [2.75, 3.05) is 13.2 Å². The van der Waals surface area contributed by atoms with E-state index >= 15 is 0 Å². The Morgan fingerprint density at radius 3 is 2.00 bits per heavy atom. The first-order valence-electron chi connectivity index (χ1n) is 12.4. The van der Waals surface area contributed by atoms with Crippen LogP contribution in [0.4, 0.5) is 4.79 Å². The molecule has 0 saturated carbocycles. The smallest absolute Gasteiger partial charge is 0.407 e. The molecule has 5 atom stereocenters. The number of nitrogens with one attached hydrogen (secondary N) is 1. The van der Waals surface area contributed by atoms with Crippen molar-refractivity contribution in [3.63, 3.8) is 0 Å². The van der Waals surface area contributed by atoms with Crippen molar-refractivity contribution in [2.45, 2.75) is 118 Å². The number of carbonyl (C=O) groups excluding carboxylic acids is 2. The molecule has 0 aromatic heterocycles. The summed E-state index contributed by atoms with van der Waals surface area (Å²) in [6.07, 6.45) is 5.75. The van der Waals surface area contributed by atoms with Crippen LogP contribution in [0.15, 0.2) is 0 Å². The molecule has 1 aliphatic rings. The number of hydrogen-bond acceptors (Lipinski definition) is 8. The Labute approximate surface area is 222 Å². The van der Waals surface area contributed by atoms with Gasteiger partial charge < -0.3 is 34.8 Å². The van der Waals surface area contributed by atoms with Crippen molar-refractivity contribution in [2.24, 2.45) is 0 Å². The number of aliphatic hydroxyl groups is 3. The van der Waals surface area contributed by atoms with Gasteiger partial charge in [0.15, 0.2) is 12.4 Å². The second-order valence-electron chi connectivity index (χ2n) is 8.84. The van der Waals surface area contributed by atoms with Gasteiger partial charge in [0.05, 0.1) is 6.61 Å². The van der Waals surface area contributed by atoms with Crippen LogP contribution in [0.1, 0.15) is 84.0 Å². The van der Waals surface area contributed by atoms with Crippen molar-refractivity contribution in [3.05, 3.63) is 0 Å². The number of ether oxygens (including phenoxy) is 3. The summed E-state index contributed by atoms with van der Waals surface area (Å²) in [5.74, 6) is -0.600. The highest BCUT2D eigenvalue weighted by molar-refractivity contribution is 6.67. The first-order chi connectivity index (χ1) is 16.6. The zero-order valence-electron chi connectivity index (χ0n) is 20.3. The van der Waals surface area contributed by atoms with Crippen LogP contribution in [0.25, 0.3) is 0 Å². The fraction of sp³-hybridized carbons (Fsp3) is 0.913. The van der Waals surface area contributed by atoms with Crippen molar-refractivity contribution in [3.8, 4) is 0 Å². The predicted molar refractivity (Wildman–Crippen MR) is 133 cm³/mol. The van der Waals surface area contributed by atoms with E-state index in [-0.39, 0.29) is 6.42 Å². The van der Waals surface area contributed by atoms with Crippen LogP contribution >= 0.6 is 34.8 Å². The minimum atomic E-state index is -1.85. The zero-order chi connectivity index (χ0) is 26.3. The Morgan fingerprint density at radius 2 is 1.49 bits per heavy atom. The fourth-order valence-corrected chi connectivity index (χ4v) is 4.01. The molecule has 0 spiro atoms. The number of aliphatic hydroxyl groups excluding tert-OH is 3. The van der Waals surface area contributed by atoms with Gasteiger partial charge in [0.25, 0.3) is 0 Å². The fourth-order valence-electron chi connectivity index (χ4n) is 3.85. The van der Waals surface area contributed by atoms with E-state index in [4.69, 9.17) is 49.0 Å². The van der Waals surface area contributed by atoms with Crippen LogP contribution in [0.3, 0.4) is 0 Å². The summed E-state index contributed by atoms with van der Waals surface area (Å²) < 4.78 is 13.4. The van der Waals surface area contributed by atoms with Crippen LogP contribution in [0, 0.1) is 0 Å². The highest BCUT2D eigenvalue weighted by Crippen LogP contribution is 2.27. The number of unbranched alkanes of at least 4 members (excludes halogenated alkanes) is 10. The van der Waals surface area contributed by atoms with E-state index in [1.165, 1.54) is 44.9 Å². The third-order valence-electron chi connectivity index (χ3n) is 5.78. The normalized spacial score (nSPS) is 24.7. The number of hydrogen-bond donors (Lipinski definition) is 4. The molecule has 35 heavy (non-hydrogen) atoms. The van der Waals surface area contributed by atoms with Crippen molar-refractivity contribution in [1.82, 2.24) is 5.32 Å². The molecule has 1 amide bonds. The Hall–Kier alpha value is -0.550. The predicted octanol–water partition coefficient (Wildman–Crippen LogP) is 4.13. The van der Waals surface area contributed by atoms with Gasteiger partial charge in [0.1, 0.15) is 24.9 Å². The van der Waals surface area contributed by atoms with Gasteiger partial charge in [-0.05, 0) is 6.42 Å². The molecule has 1 heterocycles. The lowest BCUT2D eigenvalue weighted by Gasteiger charge is -2.41. The third-order valence-corrected chi connectivity index (χ3v) is 6.10. The molecule has 0 unspecified atom stereocenters. The second kappa shape index (κ2) is 17.8. The third kappa shape index (κ3) is 14.1. The minimum absolute atomic E-state index is 0.116. The summed E-state index contributed by atoms with van der Waals surface area (Å²) in [6.45, 7) is 1.01. The summed E-state index contributed by atoms with van der Waals surface area (Å²) >= 11 is 16.6. The molecule has 0 aliphatic carbocycles. The lowest BCUT2D eigenvalue weighted by Crippen LogP contribution is -2.65. The topological polar surface area (TPSA) is 135 Å². The van der Waals surface area contributed by atoms with Crippen LogP contribution in [0.2, 0.25) is 0 Å². The van der Waals surface area contributed by atoms with Crippen LogP contribution in [-0.2, 0) is 19.0 Å². The van der Waals surface area contributed by atoms with E-state index < -0.39 is 59.7 Å². The molecule has 0 bridgehead atoms. The number of alkyl halides is 3. The van der Waals surface area contributed by atoms with Gasteiger partial charge in [-0.25, -0.2) is 4.79 Å². The minimum Gasteiger partial charge on any atom is -0.457 e. The van der Waals surface area contributed by atoms with Gasteiger partial charge in [-0.2, -0.15) is 0 Å². The average Bonchev–Trinajstić information content (AvgIpc) is 2.80. The molecule has 1 fully saturated rings. The highest BCUT2D eigenvalue weighted by atomic mass is 35.6. The van der Waals surface area contributed by atoms with Gasteiger partial charge in [-0.15, -0.1) is 0 Å². The molecule has 1 saturated heterocycles. The van der Waals surface area contributed by atoms with Gasteiger partial charge in [0.2, 0.25) is 3.79 Å². The quantitative estimate of drug-likeness (QED) is 0.125. The van der Waals surface area contributed by atoms with Gasteiger partial charge in [-0.1, -0.05) is 106 Å². The second-order valence-corrected chi connectivity index (χ2v) is 11.4. The Balaban J connectivity index is 2.44. The Kier molecular flexibility index (Phi) is 16.5. The monoisotopic (exact) mass is 563 g/mol. The summed E-state index contributed by atoms with van der Waals surface area (Å²) in [6, 6.07) is -1.36. The van der Waals surface area contributed by atoms with E-state index in [1.54, 1.807) is 0 Å². The first kappa shape index (κ1) is 32.5. The molecule has 0 aromatic carbocycles. The average molecular weight is 565 g/mol. The van der Waals surface area contributed by atoms with Crippen molar-refractivity contribution < 1.29 is 39.1 Å². The number of carbonyl (C=O) groups is 2. The van der Waals surface area contributed by atoms with Crippen molar-refractivity contribution >= 4 is 46.9 Å². The van der Waals surface area contributed by atoms with Crippen molar-refractivity contribution in [1.29, 1.82) is 0 Å². The SMILES string of the molecule is CCCCCCCCCCCCCC(=O)O[C@H]1[C@H](O)[C@@H](CO)O[C@H](O)[C@@H]1NC(=O)OCC(Cl)(Cl)Cl. The number of alkyl carbamates (subject to hydrolysis) is 1. The summed E-state index contributed by atoms with van der Waals surface area (Å²) in [7, 11) is 0. The standard InChI is InChI=1S/C23H40Cl3NO8/c1-2-3-4-5-6-7-8-9-10-11-12-13-17(29)35-20-18(21(31)34-16(14-28)19(20)30)27-22(32)33-15-23(24,25)26/h16,18-21,28,30-31H,2-15H2,1H3,(H,27,32)/t16-,18-,19-,20-,21+/m1/s1. The molecular formula is C23H40Cl3NO8. The molecule has 0 radical (unpaired) electrons. The maximum atomic E-state index is 12.4. The molecule has 0 aromatic rings. The summed E-state index contributed by atoms with van der Waals surface area (Å²) in [5, 5.41) is 32.4. The van der Waals surface area contributed by atoms with E-state index in [1.807, 2.05) is 0 Å². The number of amides is 1. The van der Waals surface area contributed by atoms with Gasteiger partial charge >= 0.3 is 12.1 Å². The molecular weight excluding hydrogens is 525 g/mol. The molecule has 4 N–H and O–H groups in total. The first-order valence-corrected chi connectivity index (χ1v) is 13.5. The van der Waals surface area contributed by atoms with Gasteiger partial charge in [-0.3, -0.25) is 4.79 Å². The van der Waals surface area contributed by atoms with Crippen LogP contribution < -0.4 is 5.32 Å². The molecule has 9 nitrogen and oxygen atoms in total. The van der Waals surface area contributed by atoms with Crippen LogP contribution in [0.5, 0.6) is 0 Å². The van der Waals surface area contributed by atoms with E-state index in [9.17, 15) is 24.9 Å². The van der Waals surface area contributed by atoms with E-state index in [0.29, 0.717) is 6.42 Å². The summed E-state index contributed by atoms with van der Waals surface area (Å²) in [4.78, 5) is 24.4. The van der Waals surface area contributed by atoms with Gasteiger partial charge in [0, 0.05) is 6.42 Å². The molecule has 206 valence electrons. The maximum Gasteiger partial charge on any atom is 0.407 e. The lowest BCUT2D eigenvalue weighted by molar-refractivity contribution is -0.258. The Bertz CT molecular complexity index is 608. The Morgan fingerprint density at radius 1 is 0.943 bits per heavy atom. The maximum absolute atomic E-state index is 12.4. The zero-order valence-corrected chi connectivity index (χ0v) is 22.6.